The number of piperazine rings is 1. The van der Waals surface area contributed by atoms with Gasteiger partial charge in [0.25, 0.3) is 11.8 Å². The van der Waals surface area contributed by atoms with Gasteiger partial charge in [0.15, 0.2) is 5.76 Å². The zero-order valence-corrected chi connectivity index (χ0v) is 14.6. The molecule has 7 nitrogen and oxygen atoms in total. The highest BCUT2D eigenvalue weighted by atomic mass is 32.1. The molecule has 130 valence electrons. The van der Waals surface area contributed by atoms with Crippen molar-refractivity contribution in [3.8, 4) is 10.8 Å². The van der Waals surface area contributed by atoms with Gasteiger partial charge in [0.1, 0.15) is 0 Å². The molecule has 3 aromatic heterocycles. The quantitative estimate of drug-likeness (QED) is 0.714. The summed E-state index contributed by atoms with van der Waals surface area (Å²) >= 11 is 1.58. The Kier molecular flexibility index (Phi) is 4.37. The number of carbonyl (C=O) groups excluding carboxylic acids is 1. The maximum absolute atomic E-state index is 12.3. The van der Waals surface area contributed by atoms with Crippen LogP contribution in [-0.4, -0.2) is 52.1 Å². The van der Waals surface area contributed by atoms with Crippen molar-refractivity contribution in [2.45, 2.75) is 13.0 Å². The van der Waals surface area contributed by atoms with E-state index in [0.717, 1.165) is 18.0 Å². The van der Waals surface area contributed by atoms with Crippen LogP contribution in [0.25, 0.3) is 10.8 Å². The highest BCUT2D eigenvalue weighted by Gasteiger charge is 2.28. The summed E-state index contributed by atoms with van der Waals surface area (Å²) in [6.07, 6.45) is 1.52. The first-order chi connectivity index (χ1) is 12.2. The summed E-state index contributed by atoms with van der Waals surface area (Å²) in [6, 6.07) is 7.37. The fourth-order valence-corrected chi connectivity index (χ4v) is 3.57. The number of aromatic nitrogens is 2. The lowest BCUT2D eigenvalue weighted by Gasteiger charge is -2.36. The molecule has 25 heavy (non-hydrogen) atoms. The number of carbonyl (C=O) groups is 1. The zero-order valence-electron chi connectivity index (χ0n) is 13.8. The van der Waals surface area contributed by atoms with E-state index in [2.05, 4.69) is 22.0 Å². The predicted octanol–water partition coefficient (Wildman–Crippen LogP) is 2.91. The van der Waals surface area contributed by atoms with Crippen molar-refractivity contribution >= 4 is 17.2 Å². The summed E-state index contributed by atoms with van der Waals surface area (Å²) in [6.45, 7) is 4.86. The van der Waals surface area contributed by atoms with Gasteiger partial charge in [-0.2, -0.15) is 0 Å². The Morgan fingerprint density at radius 2 is 2.04 bits per heavy atom. The van der Waals surface area contributed by atoms with Gasteiger partial charge in [-0.1, -0.05) is 6.07 Å². The van der Waals surface area contributed by atoms with Gasteiger partial charge in [-0.3, -0.25) is 9.69 Å². The normalized spacial score (nSPS) is 16.9. The lowest BCUT2D eigenvalue weighted by atomic mass is 10.2. The number of nitrogens with zero attached hydrogens (tertiary/aromatic N) is 4. The summed E-state index contributed by atoms with van der Waals surface area (Å²) in [5.41, 5.74) is 0. The van der Waals surface area contributed by atoms with Crippen LogP contribution in [0.1, 0.15) is 29.4 Å². The summed E-state index contributed by atoms with van der Waals surface area (Å²) in [7, 11) is 0. The maximum atomic E-state index is 12.3. The lowest BCUT2D eigenvalue weighted by molar-refractivity contribution is 0.0531. The van der Waals surface area contributed by atoms with Crippen LogP contribution in [0.15, 0.2) is 44.7 Å². The van der Waals surface area contributed by atoms with Gasteiger partial charge in [-0.25, -0.2) is 0 Å². The van der Waals surface area contributed by atoms with Crippen molar-refractivity contribution < 1.29 is 13.6 Å². The van der Waals surface area contributed by atoms with Crippen molar-refractivity contribution in [3.63, 3.8) is 0 Å². The molecule has 0 spiro atoms. The van der Waals surface area contributed by atoms with E-state index in [0.29, 0.717) is 30.6 Å². The molecule has 3 aromatic rings. The van der Waals surface area contributed by atoms with Crippen LogP contribution in [0, 0.1) is 0 Å². The van der Waals surface area contributed by atoms with Gasteiger partial charge >= 0.3 is 0 Å². The molecule has 1 amide bonds. The molecular formula is C17H18N4O3S. The van der Waals surface area contributed by atoms with E-state index in [1.807, 2.05) is 22.4 Å². The smallest absolute Gasteiger partial charge is 0.289 e. The third kappa shape index (κ3) is 3.22. The zero-order chi connectivity index (χ0) is 17.2. The SMILES string of the molecule is C[C@H](c1nnc(-c2cccs2)o1)N1CCN(C(=O)c2ccco2)CC1. The van der Waals surface area contributed by atoms with E-state index in [9.17, 15) is 4.79 Å². The largest absolute Gasteiger partial charge is 0.459 e. The second kappa shape index (κ2) is 6.81. The molecule has 1 aliphatic rings. The maximum Gasteiger partial charge on any atom is 0.289 e. The third-order valence-corrected chi connectivity index (χ3v) is 5.27. The van der Waals surface area contributed by atoms with E-state index in [1.165, 1.54) is 6.26 Å². The Morgan fingerprint density at radius 1 is 1.20 bits per heavy atom. The number of hydrogen-bond acceptors (Lipinski definition) is 7. The van der Waals surface area contributed by atoms with E-state index in [-0.39, 0.29) is 11.9 Å². The van der Waals surface area contributed by atoms with Gasteiger partial charge < -0.3 is 13.7 Å². The molecule has 0 bridgehead atoms. The fraction of sp³-hybridized carbons (Fsp3) is 0.353. The molecule has 1 aliphatic heterocycles. The average molecular weight is 358 g/mol. The monoisotopic (exact) mass is 358 g/mol. The first-order valence-corrected chi connectivity index (χ1v) is 9.04. The molecule has 8 heteroatoms. The van der Waals surface area contributed by atoms with Crippen molar-refractivity contribution in [1.29, 1.82) is 0 Å². The molecule has 4 heterocycles. The minimum Gasteiger partial charge on any atom is -0.459 e. The Morgan fingerprint density at radius 3 is 2.72 bits per heavy atom. The molecule has 1 fully saturated rings. The fourth-order valence-electron chi connectivity index (χ4n) is 2.93. The molecular weight excluding hydrogens is 340 g/mol. The Labute approximate surface area is 148 Å². The number of furan rings is 1. The molecule has 0 N–H and O–H groups in total. The Hall–Kier alpha value is -2.45. The molecule has 1 atom stereocenters. The van der Waals surface area contributed by atoms with Gasteiger partial charge in [-0.05, 0) is 30.5 Å². The van der Waals surface area contributed by atoms with Gasteiger partial charge in [0.2, 0.25) is 5.89 Å². The topological polar surface area (TPSA) is 75.6 Å². The lowest BCUT2D eigenvalue weighted by Crippen LogP contribution is -2.49. The number of amides is 1. The summed E-state index contributed by atoms with van der Waals surface area (Å²) in [5, 5.41) is 10.3. The Balaban J connectivity index is 1.38. The van der Waals surface area contributed by atoms with Crippen molar-refractivity contribution in [3.05, 3.63) is 47.6 Å². The van der Waals surface area contributed by atoms with E-state index in [4.69, 9.17) is 8.83 Å². The average Bonchev–Trinajstić information content (AvgIpc) is 3.42. The second-order valence-electron chi connectivity index (χ2n) is 5.90. The second-order valence-corrected chi connectivity index (χ2v) is 6.85. The van der Waals surface area contributed by atoms with E-state index >= 15 is 0 Å². The summed E-state index contributed by atoms with van der Waals surface area (Å²) in [5.74, 6) is 1.49. The first-order valence-electron chi connectivity index (χ1n) is 8.16. The first kappa shape index (κ1) is 16.0. The molecule has 4 rings (SSSR count). The number of thiophene rings is 1. The Bertz CT molecular complexity index is 820. The summed E-state index contributed by atoms with van der Waals surface area (Å²) in [4.78, 5) is 17.3. The molecule has 0 saturated carbocycles. The van der Waals surface area contributed by atoms with E-state index in [1.54, 1.807) is 23.5 Å². The predicted molar refractivity (Wildman–Crippen MR) is 92.2 cm³/mol. The highest BCUT2D eigenvalue weighted by molar-refractivity contribution is 7.13. The van der Waals surface area contributed by atoms with Crippen LogP contribution in [0.4, 0.5) is 0 Å². The molecule has 0 radical (unpaired) electrons. The van der Waals surface area contributed by atoms with Crippen LogP contribution in [0.5, 0.6) is 0 Å². The highest BCUT2D eigenvalue weighted by Crippen LogP contribution is 2.27. The van der Waals surface area contributed by atoms with Crippen LogP contribution >= 0.6 is 11.3 Å². The number of rotatable bonds is 4. The minimum absolute atomic E-state index is 0.0158. The van der Waals surface area contributed by atoms with Gasteiger partial charge in [-0.15, -0.1) is 21.5 Å². The summed E-state index contributed by atoms with van der Waals surface area (Å²) < 4.78 is 11.0. The van der Waals surface area contributed by atoms with Gasteiger partial charge in [0.05, 0.1) is 17.2 Å². The molecule has 1 saturated heterocycles. The minimum atomic E-state index is -0.0601. The third-order valence-electron chi connectivity index (χ3n) is 4.41. The standard InChI is InChI=1S/C17H18N4O3S/c1-12(15-18-19-16(24-15)14-5-3-11-25-14)20-6-8-21(9-7-20)17(22)13-4-2-10-23-13/h2-5,10-12H,6-9H2,1H3/t12-/m1/s1. The van der Waals surface area contributed by atoms with Gasteiger partial charge in [0, 0.05) is 26.2 Å². The van der Waals surface area contributed by atoms with Crippen LogP contribution in [0.2, 0.25) is 0 Å². The van der Waals surface area contributed by atoms with Crippen molar-refractivity contribution in [2.75, 3.05) is 26.2 Å². The molecule has 0 unspecified atom stereocenters. The van der Waals surface area contributed by atoms with Crippen LogP contribution < -0.4 is 0 Å². The van der Waals surface area contributed by atoms with E-state index < -0.39 is 0 Å². The van der Waals surface area contributed by atoms with Crippen LogP contribution in [-0.2, 0) is 0 Å². The van der Waals surface area contributed by atoms with Crippen molar-refractivity contribution in [1.82, 2.24) is 20.0 Å². The van der Waals surface area contributed by atoms with Crippen LogP contribution in [0.3, 0.4) is 0 Å². The molecule has 0 aliphatic carbocycles. The van der Waals surface area contributed by atoms with Crippen molar-refractivity contribution in [2.24, 2.45) is 0 Å². The molecule has 0 aromatic carbocycles. The number of hydrogen-bond donors (Lipinski definition) is 0.